The molecular formula is C10H13N2O5P. The average molecular weight is 272 g/mol. The summed E-state index contributed by atoms with van der Waals surface area (Å²) in [6.45, 7) is 0. The number of rotatable bonds is 2. The monoisotopic (exact) mass is 272 g/mol. The van der Waals surface area contributed by atoms with Gasteiger partial charge in [0, 0.05) is 6.42 Å². The Labute approximate surface area is 103 Å². The molecule has 0 saturated carbocycles. The van der Waals surface area contributed by atoms with Crippen LogP contribution in [0.3, 0.4) is 0 Å². The highest BCUT2D eigenvalue weighted by molar-refractivity contribution is 7.50. The van der Waals surface area contributed by atoms with Crippen molar-refractivity contribution in [3.63, 3.8) is 0 Å². The van der Waals surface area contributed by atoms with E-state index in [0.29, 0.717) is 11.1 Å². The van der Waals surface area contributed by atoms with Crippen LogP contribution in [0.2, 0.25) is 0 Å². The van der Waals surface area contributed by atoms with E-state index < -0.39 is 25.8 Å². The van der Waals surface area contributed by atoms with Crippen molar-refractivity contribution in [1.82, 2.24) is 0 Å². The lowest BCUT2D eigenvalue weighted by molar-refractivity contribution is -0.136. The number of hydrogen-bond donors (Lipinski definition) is 4. The topological polar surface area (TPSA) is 136 Å². The Bertz CT molecular complexity index is 553. The van der Waals surface area contributed by atoms with Gasteiger partial charge in [-0.05, 0) is 17.2 Å². The van der Waals surface area contributed by atoms with E-state index >= 15 is 0 Å². The molecule has 2 rings (SSSR count). The summed E-state index contributed by atoms with van der Waals surface area (Å²) in [7, 11) is -4.17. The summed E-state index contributed by atoms with van der Waals surface area (Å²) >= 11 is 0. The number of anilines is 1. The Balaban J connectivity index is 2.40. The van der Waals surface area contributed by atoms with E-state index in [1.165, 1.54) is 6.07 Å². The van der Waals surface area contributed by atoms with Crippen LogP contribution >= 0.6 is 7.60 Å². The Morgan fingerprint density at radius 1 is 1.44 bits per heavy atom. The van der Waals surface area contributed by atoms with Gasteiger partial charge in [0.1, 0.15) is 6.04 Å². The molecule has 1 unspecified atom stereocenters. The molecule has 0 amide bonds. The molecule has 1 atom stereocenters. The van der Waals surface area contributed by atoms with Crippen molar-refractivity contribution in [3.05, 3.63) is 23.3 Å². The van der Waals surface area contributed by atoms with Crippen LogP contribution in [-0.4, -0.2) is 21.8 Å². The summed E-state index contributed by atoms with van der Waals surface area (Å²) in [6, 6.07) is 2.17. The summed E-state index contributed by atoms with van der Waals surface area (Å²) in [5, 5.41) is 0. The summed E-state index contributed by atoms with van der Waals surface area (Å²) in [4.78, 5) is 29.1. The molecule has 1 heterocycles. The minimum absolute atomic E-state index is 0.177. The van der Waals surface area contributed by atoms with Crippen molar-refractivity contribution < 1.29 is 23.9 Å². The molecule has 0 spiro atoms. The molecule has 0 aliphatic carbocycles. The van der Waals surface area contributed by atoms with E-state index in [0.717, 1.165) is 0 Å². The fourth-order valence-corrected chi connectivity index (χ4v) is 2.54. The van der Waals surface area contributed by atoms with Gasteiger partial charge in [0.15, 0.2) is 5.75 Å². The maximum Gasteiger partial charge on any atom is 0.329 e. The molecule has 0 radical (unpaired) electrons. The zero-order chi connectivity index (χ0) is 13.5. The van der Waals surface area contributed by atoms with Crippen LogP contribution in [0, 0.1) is 0 Å². The van der Waals surface area contributed by atoms with Crippen LogP contribution < -0.4 is 16.2 Å². The van der Waals surface area contributed by atoms with Gasteiger partial charge in [-0.1, -0.05) is 6.07 Å². The van der Waals surface area contributed by atoms with Crippen LogP contribution in [0.25, 0.3) is 0 Å². The number of nitrogens with two attached hydrogens (primary N) is 2. The number of nitrogen functional groups attached to an aromatic ring is 1. The molecule has 0 fully saturated rings. The summed E-state index contributed by atoms with van der Waals surface area (Å²) < 4.78 is 15.9. The van der Waals surface area contributed by atoms with Crippen molar-refractivity contribution in [3.8, 4) is 5.75 Å². The standard InChI is InChI=1S/C10H13N2O5P/c11-7-2-5(4-18(14,15)16)1-6-3-8(12)10(13)17-9(6)7/h1-2,8H,3-4,11-12H2,(H2,14,15,16). The van der Waals surface area contributed by atoms with Gasteiger partial charge in [-0.15, -0.1) is 0 Å². The van der Waals surface area contributed by atoms with Gasteiger partial charge in [0.25, 0.3) is 0 Å². The molecule has 0 bridgehead atoms. The SMILES string of the molecule is Nc1cc(CP(=O)(O)O)cc2c1OC(=O)C(N)C2. The van der Waals surface area contributed by atoms with Gasteiger partial charge < -0.3 is 26.0 Å². The molecule has 7 nitrogen and oxygen atoms in total. The van der Waals surface area contributed by atoms with Crippen molar-refractivity contribution in [2.75, 3.05) is 5.73 Å². The van der Waals surface area contributed by atoms with Crippen molar-refractivity contribution in [2.45, 2.75) is 18.6 Å². The molecule has 8 heteroatoms. The molecule has 0 aromatic heterocycles. The first kappa shape index (κ1) is 13.0. The van der Waals surface area contributed by atoms with Crippen LogP contribution in [-0.2, 0) is 21.9 Å². The number of ether oxygens (including phenoxy) is 1. The number of esters is 1. The first-order valence-electron chi connectivity index (χ1n) is 5.19. The van der Waals surface area contributed by atoms with Gasteiger partial charge >= 0.3 is 13.6 Å². The summed E-state index contributed by atoms with van der Waals surface area (Å²) in [6.07, 6.45) is -0.166. The average Bonchev–Trinajstić information content (AvgIpc) is 2.18. The molecule has 18 heavy (non-hydrogen) atoms. The van der Waals surface area contributed by atoms with E-state index in [2.05, 4.69) is 0 Å². The fourth-order valence-electron chi connectivity index (χ4n) is 1.88. The van der Waals surface area contributed by atoms with E-state index in [4.69, 9.17) is 26.0 Å². The van der Waals surface area contributed by atoms with Crippen molar-refractivity contribution in [2.24, 2.45) is 5.73 Å². The third-order valence-electron chi connectivity index (χ3n) is 2.59. The second kappa shape index (κ2) is 4.37. The number of carbonyl (C=O) groups excluding carboxylic acids is 1. The van der Waals surface area contributed by atoms with Gasteiger partial charge in [-0.2, -0.15) is 0 Å². The lowest BCUT2D eigenvalue weighted by Gasteiger charge is -2.22. The smallest absolute Gasteiger partial charge is 0.329 e. The van der Waals surface area contributed by atoms with Crippen LogP contribution in [0.15, 0.2) is 12.1 Å². The Kier molecular flexibility index (Phi) is 3.16. The molecule has 6 N–H and O–H groups in total. The second-order valence-electron chi connectivity index (χ2n) is 4.23. The normalized spacial score (nSPS) is 19.3. The largest absolute Gasteiger partial charge is 0.423 e. The predicted octanol–water partition coefficient (Wildman–Crippen LogP) is -0.265. The van der Waals surface area contributed by atoms with E-state index in [-0.39, 0.29) is 17.9 Å². The zero-order valence-electron chi connectivity index (χ0n) is 9.37. The van der Waals surface area contributed by atoms with Gasteiger partial charge in [0.2, 0.25) is 0 Å². The highest BCUT2D eigenvalue weighted by Crippen LogP contribution is 2.41. The first-order valence-corrected chi connectivity index (χ1v) is 6.99. The minimum Gasteiger partial charge on any atom is -0.423 e. The number of fused-ring (bicyclic) bond motifs is 1. The van der Waals surface area contributed by atoms with Crippen LogP contribution in [0.4, 0.5) is 5.69 Å². The van der Waals surface area contributed by atoms with E-state index in [1.54, 1.807) is 6.07 Å². The number of carbonyl (C=O) groups is 1. The Hall–Kier alpha value is -1.40. The maximum atomic E-state index is 11.3. The third-order valence-corrected chi connectivity index (χ3v) is 3.37. The molecule has 0 saturated heterocycles. The minimum atomic E-state index is -4.17. The lowest BCUT2D eigenvalue weighted by atomic mass is 9.99. The van der Waals surface area contributed by atoms with E-state index in [9.17, 15) is 9.36 Å². The fraction of sp³-hybridized carbons (Fsp3) is 0.300. The van der Waals surface area contributed by atoms with Gasteiger partial charge in [-0.3, -0.25) is 4.57 Å². The molecule has 1 aromatic carbocycles. The second-order valence-corrected chi connectivity index (χ2v) is 5.87. The summed E-state index contributed by atoms with van der Waals surface area (Å²) in [5.74, 6) is -0.326. The Morgan fingerprint density at radius 3 is 2.72 bits per heavy atom. The predicted molar refractivity (Wildman–Crippen MR) is 63.9 cm³/mol. The highest BCUT2D eigenvalue weighted by Gasteiger charge is 2.28. The lowest BCUT2D eigenvalue weighted by Crippen LogP contribution is -2.39. The molecule has 98 valence electrons. The van der Waals surface area contributed by atoms with Crippen LogP contribution in [0.1, 0.15) is 11.1 Å². The Morgan fingerprint density at radius 2 is 2.11 bits per heavy atom. The van der Waals surface area contributed by atoms with Gasteiger partial charge in [-0.25, -0.2) is 4.79 Å². The van der Waals surface area contributed by atoms with Crippen molar-refractivity contribution in [1.29, 1.82) is 0 Å². The zero-order valence-corrected chi connectivity index (χ0v) is 10.3. The van der Waals surface area contributed by atoms with Crippen molar-refractivity contribution >= 4 is 19.3 Å². The first-order chi connectivity index (χ1) is 8.26. The number of benzene rings is 1. The molecule has 1 aliphatic heterocycles. The van der Waals surface area contributed by atoms with E-state index in [1.807, 2.05) is 0 Å². The number of hydrogen-bond acceptors (Lipinski definition) is 5. The third kappa shape index (κ3) is 2.70. The molecule has 1 aromatic rings. The van der Waals surface area contributed by atoms with Crippen LogP contribution in [0.5, 0.6) is 5.75 Å². The summed E-state index contributed by atoms with van der Waals surface area (Å²) in [5.41, 5.74) is 12.4. The quantitative estimate of drug-likeness (QED) is 0.252. The van der Waals surface area contributed by atoms with Gasteiger partial charge in [0.05, 0.1) is 11.8 Å². The highest BCUT2D eigenvalue weighted by atomic mass is 31.2. The maximum absolute atomic E-state index is 11.3. The molecule has 1 aliphatic rings. The molecular weight excluding hydrogens is 259 g/mol.